The summed E-state index contributed by atoms with van der Waals surface area (Å²) >= 11 is 0. The molecule has 0 amide bonds. The summed E-state index contributed by atoms with van der Waals surface area (Å²) in [7, 11) is -7.19. The molecule has 4 heterocycles. The molecule has 3 aromatic rings. The molecule has 35 heavy (non-hydrogen) atoms. The molecule has 192 valence electrons. The number of phosphoric acid groups is 1. The van der Waals surface area contributed by atoms with Crippen molar-refractivity contribution in [2.24, 2.45) is 13.0 Å². The molecule has 0 radical (unpaired) electrons. The number of fused-ring (bicyclic) bond motifs is 1. The Bertz CT molecular complexity index is 1360. The number of rotatable bonds is 9. The molecule has 0 saturated carbocycles. The van der Waals surface area contributed by atoms with Crippen LogP contribution in [0.1, 0.15) is 6.23 Å². The van der Waals surface area contributed by atoms with Gasteiger partial charge in [0, 0.05) is 25.4 Å². The van der Waals surface area contributed by atoms with Crippen molar-refractivity contribution in [2.75, 3.05) is 26.1 Å². The lowest BCUT2D eigenvalue weighted by Gasteiger charge is -2.27. The number of nitrogens with two attached hydrogens (primary N) is 1. The standard InChI is InChI=1S/C16H23N7O10P2/c1-21-8-23(13-11(21)14(25)20-16(17)19-13)15-12(24)9(5-30-2)10(32-15)6-31-35(28,29)33-34(26,27)22-4-3-18-7-22/h3-4,7-10,12,15,24H,5-6H2,1-2H3,(H4-,17,19,20,25,26,27,28,29)/t9-,10-,12-,15-/m1/s1. The third-order valence-electron chi connectivity index (χ3n) is 5.33. The molecule has 1 saturated heterocycles. The van der Waals surface area contributed by atoms with Crippen molar-refractivity contribution < 1.29 is 46.9 Å². The van der Waals surface area contributed by atoms with Crippen molar-refractivity contribution in [3.8, 4) is 0 Å². The van der Waals surface area contributed by atoms with E-state index in [-0.39, 0.29) is 23.7 Å². The molecular formula is C16H23N7O10P2. The molecule has 0 bridgehead atoms. The summed E-state index contributed by atoms with van der Waals surface area (Å²) < 4.78 is 48.0. The zero-order chi connectivity index (χ0) is 25.5. The predicted molar refractivity (Wildman–Crippen MR) is 113 cm³/mol. The first-order valence-electron chi connectivity index (χ1n) is 10.0. The lowest BCUT2D eigenvalue weighted by molar-refractivity contribution is -0.646. The lowest BCUT2D eigenvalue weighted by Crippen LogP contribution is -2.33. The maximum Gasteiger partial charge on any atom is 0.444 e. The van der Waals surface area contributed by atoms with Crippen LogP contribution in [0, 0.1) is 5.92 Å². The van der Waals surface area contributed by atoms with E-state index < -0.39 is 52.1 Å². The topological polar surface area (TPSA) is 233 Å². The largest absolute Gasteiger partial charge is 0.756 e. The van der Waals surface area contributed by atoms with E-state index in [4.69, 9.17) is 19.7 Å². The van der Waals surface area contributed by atoms with Crippen molar-refractivity contribution >= 4 is 32.7 Å². The van der Waals surface area contributed by atoms with Crippen molar-refractivity contribution in [1.29, 1.82) is 0 Å². The molecule has 1 aliphatic heterocycles. The number of aryl methyl sites for hydroxylation is 1. The highest BCUT2D eigenvalue weighted by Gasteiger charge is 2.49. The van der Waals surface area contributed by atoms with Gasteiger partial charge in [-0.2, -0.15) is 9.55 Å². The zero-order valence-corrected chi connectivity index (χ0v) is 20.2. The Hall–Kier alpha value is -2.46. The number of nitrogens with one attached hydrogen (secondary N) is 1. The molecule has 0 spiro atoms. The van der Waals surface area contributed by atoms with Gasteiger partial charge in [0.25, 0.3) is 19.0 Å². The Labute approximate surface area is 196 Å². The third kappa shape index (κ3) is 5.09. The molecule has 3 aromatic heterocycles. The molecule has 1 fully saturated rings. The van der Waals surface area contributed by atoms with E-state index >= 15 is 0 Å². The molecule has 17 nitrogen and oxygen atoms in total. The molecule has 19 heteroatoms. The highest BCUT2D eigenvalue weighted by atomic mass is 31.3. The van der Waals surface area contributed by atoms with E-state index in [1.807, 2.05) is 0 Å². The Kier molecular flexibility index (Phi) is 6.98. The summed E-state index contributed by atoms with van der Waals surface area (Å²) in [6.07, 6.45) is 1.14. The number of nitrogen functional groups attached to an aromatic ring is 1. The molecular weight excluding hydrogens is 512 g/mol. The summed E-state index contributed by atoms with van der Waals surface area (Å²) in [6.45, 7) is -0.724. The molecule has 6 atom stereocenters. The van der Waals surface area contributed by atoms with Gasteiger partial charge in [-0.15, -0.1) is 0 Å². The van der Waals surface area contributed by atoms with Gasteiger partial charge in [-0.05, 0) is 0 Å². The normalized spacial score (nSPS) is 26.1. The van der Waals surface area contributed by atoms with E-state index in [2.05, 4.69) is 19.3 Å². The SMILES string of the molecule is COC[C@H]1[C@@H](O)[C@H](n2c[n+](C)c3c(=O)[nH]c(N)nc32)O[C@@H]1COP(=O)([O-])OP(=O)(O)n1ccnc1. The first-order valence-corrected chi connectivity index (χ1v) is 13.0. The van der Waals surface area contributed by atoms with Crippen LogP contribution in [0.4, 0.5) is 5.95 Å². The van der Waals surface area contributed by atoms with Crippen LogP contribution >= 0.6 is 15.6 Å². The van der Waals surface area contributed by atoms with Crippen molar-refractivity contribution in [2.45, 2.75) is 18.4 Å². The number of hydrogen-bond acceptors (Lipinski definition) is 12. The van der Waals surface area contributed by atoms with E-state index in [1.165, 1.54) is 22.6 Å². The van der Waals surface area contributed by atoms with E-state index in [0.717, 1.165) is 18.7 Å². The van der Waals surface area contributed by atoms with Gasteiger partial charge < -0.3 is 34.6 Å². The minimum atomic E-state index is -5.31. The molecule has 0 aromatic carbocycles. The zero-order valence-electron chi connectivity index (χ0n) is 18.4. The van der Waals surface area contributed by atoms with Crippen LogP contribution in [0.5, 0.6) is 0 Å². The Morgan fingerprint density at radius 1 is 1.40 bits per heavy atom. The second-order valence-electron chi connectivity index (χ2n) is 7.69. The number of nitrogens with zero attached hydrogens (tertiary/aromatic N) is 5. The fourth-order valence-corrected chi connectivity index (χ4v) is 6.12. The molecule has 1 aliphatic rings. The highest BCUT2D eigenvalue weighted by Crippen LogP contribution is 2.58. The van der Waals surface area contributed by atoms with Crippen LogP contribution < -0.4 is 20.8 Å². The minimum Gasteiger partial charge on any atom is -0.756 e. The number of aliphatic hydroxyl groups is 1. The summed E-state index contributed by atoms with van der Waals surface area (Å²) in [4.78, 5) is 44.5. The molecule has 0 aliphatic carbocycles. The Balaban J connectivity index is 1.55. The second-order valence-corrected chi connectivity index (χ2v) is 10.9. The first-order chi connectivity index (χ1) is 16.4. The minimum absolute atomic E-state index is 0.0509. The number of hydrogen-bond donors (Lipinski definition) is 4. The molecule has 5 N–H and O–H groups in total. The summed E-state index contributed by atoms with van der Waals surface area (Å²) in [5, 5.41) is 10.9. The quantitative estimate of drug-likeness (QED) is 0.172. The molecule has 2 unspecified atom stereocenters. The number of anilines is 1. The van der Waals surface area contributed by atoms with Crippen LogP contribution in [-0.2, 0) is 34.5 Å². The number of methoxy groups -OCH3 is 1. The van der Waals surface area contributed by atoms with Crippen LogP contribution in [0.15, 0.2) is 29.8 Å². The lowest BCUT2D eigenvalue weighted by atomic mass is 9.99. The van der Waals surface area contributed by atoms with E-state index in [0.29, 0.717) is 4.34 Å². The van der Waals surface area contributed by atoms with Gasteiger partial charge in [0.15, 0.2) is 0 Å². The van der Waals surface area contributed by atoms with Crippen LogP contribution in [0.2, 0.25) is 0 Å². The van der Waals surface area contributed by atoms with Crippen molar-refractivity contribution in [3.05, 3.63) is 35.4 Å². The average molecular weight is 535 g/mol. The third-order valence-corrected chi connectivity index (χ3v) is 8.27. The van der Waals surface area contributed by atoms with Gasteiger partial charge in [0.05, 0.1) is 26.4 Å². The Morgan fingerprint density at radius 2 is 2.14 bits per heavy atom. The Morgan fingerprint density at radius 3 is 2.80 bits per heavy atom. The van der Waals surface area contributed by atoms with Crippen molar-refractivity contribution in [3.63, 3.8) is 0 Å². The van der Waals surface area contributed by atoms with Gasteiger partial charge in [-0.25, -0.2) is 22.8 Å². The average Bonchev–Trinajstić information content (AvgIpc) is 3.46. The number of H-pyrrole nitrogens is 1. The van der Waals surface area contributed by atoms with Crippen LogP contribution in [-0.4, -0.2) is 66.4 Å². The first kappa shape index (κ1) is 25.6. The van der Waals surface area contributed by atoms with Gasteiger partial charge in [0.2, 0.25) is 18.5 Å². The van der Waals surface area contributed by atoms with E-state index in [1.54, 1.807) is 7.05 Å². The van der Waals surface area contributed by atoms with Gasteiger partial charge in [-0.1, -0.05) is 0 Å². The number of phosphoric ester groups is 1. The second kappa shape index (κ2) is 9.54. The predicted octanol–water partition coefficient (Wildman–Crippen LogP) is -2.00. The smallest absolute Gasteiger partial charge is 0.444 e. The number of imidazole rings is 2. The van der Waals surface area contributed by atoms with Gasteiger partial charge >= 0.3 is 13.3 Å². The van der Waals surface area contributed by atoms with Crippen LogP contribution in [0.3, 0.4) is 0 Å². The summed E-state index contributed by atoms with van der Waals surface area (Å²) in [6, 6.07) is 0. The monoisotopic (exact) mass is 535 g/mol. The summed E-state index contributed by atoms with van der Waals surface area (Å²) in [5.74, 6) is -0.944. The number of aliphatic hydroxyl groups excluding tert-OH is 1. The number of ether oxygens (including phenoxy) is 2. The fraction of sp³-hybridized carbons (Fsp3) is 0.500. The summed E-state index contributed by atoms with van der Waals surface area (Å²) in [5.41, 5.74) is 5.43. The van der Waals surface area contributed by atoms with Crippen LogP contribution in [0.25, 0.3) is 11.2 Å². The number of aromatic amines is 1. The van der Waals surface area contributed by atoms with Gasteiger partial charge in [0.1, 0.15) is 12.4 Å². The fourth-order valence-electron chi connectivity index (χ4n) is 3.80. The molecule has 4 rings (SSSR count). The maximum absolute atomic E-state index is 12.3. The van der Waals surface area contributed by atoms with E-state index in [9.17, 15) is 28.8 Å². The maximum atomic E-state index is 12.3. The number of aromatic nitrogens is 6. The van der Waals surface area contributed by atoms with Crippen molar-refractivity contribution in [1.82, 2.24) is 23.9 Å². The highest BCUT2D eigenvalue weighted by molar-refractivity contribution is 7.62. The van der Waals surface area contributed by atoms with Gasteiger partial charge in [-0.3, -0.25) is 14.3 Å².